The number of piperidine rings is 1. The summed E-state index contributed by atoms with van der Waals surface area (Å²) in [5.41, 5.74) is 0.885. The van der Waals surface area contributed by atoms with Gasteiger partial charge in [-0.1, -0.05) is 24.3 Å². The van der Waals surface area contributed by atoms with Gasteiger partial charge in [-0.25, -0.2) is 4.39 Å². The Labute approximate surface area is 194 Å². The molecule has 2 aromatic carbocycles. The van der Waals surface area contributed by atoms with Crippen LogP contribution in [0.1, 0.15) is 58.9 Å². The molecule has 1 atom stereocenters. The first kappa shape index (κ1) is 23.0. The van der Waals surface area contributed by atoms with Gasteiger partial charge in [0.2, 0.25) is 5.91 Å². The Kier molecular flexibility index (Phi) is 5.99. The van der Waals surface area contributed by atoms with Crippen molar-refractivity contribution in [1.29, 1.82) is 0 Å². The largest absolute Gasteiger partial charge is 0.348 e. The molecule has 7 heteroatoms. The summed E-state index contributed by atoms with van der Waals surface area (Å²) in [4.78, 5) is 45.3. The quantitative estimate of drug-likeness (QED) is 0.717. The number of likely N-dealkylation sites (tertiary alicyclic amines) is 1. The molecule has 1 unspecified atom stereocenters. The van der Waals surface area contributed by atoms with Crippen molar-refractivity contribution in [3.05, 3.63) is 71.0 Å². The van der Waals surface area contributed by atoms with Gasteiger partial charge in [0.1, 0.15) is 5.82 Å². The Bertz CT molecular complexity index is 1090. The Hall–Kier alpha value is -3.22. The van der Waals surface area contributed by atoms with Crippen LogP contribution in [0, 0.1) is 5.82 Å². The first-order valence-electron chi connectivity index (χ1n) is 11.4. The summed E-state index contributed by atoms with van der Waals surface area (Å²) in [5, 5.41) is 0. The van der Waals surface area contributed by atoms with Gasteiger partial charge in [0.25, 0.3) is 11.8 Å². The molecular formula is C26H30FN3O3. The van der Waals surface area contributed by atoms with Crippen molar-refractivity contribution < 1.29 is 18.8 Å². The van der Waals surface area contributed by atoms with Gasteiger partial charge in [-0.15, -0.1) is 0 Å². The van der Waals surface area contributed by atoms with E-state index in [1.54, 1.807) is 36.0 Å². The van der Waals surface area contributed by atoms with Gasteiger partial charge in [0, 0.05) is 44.4 Å². The molecule has 1 spiro atoms. The fourth-order valence-corrected chi connectivity index (χ4v) is 5.50. The van der Waals surface area contributed by atoms with Crippen molar-refractivity contribution >= 4 is 17.7 Å². The second-order valence-corrected chi connectivity index (χ2v) is 9.43. The molecule has 0 N–H and O–H groups in total. The number of benzene rings is 2. The van der Waals surface area contributed by atoms with Crippen LogP contribution in [0.15, 0.2) is 48.5 Å². The van der Waals surface area contributed by atoms with Gasteiger partial charge in [-0.05, 0) is 56.5 Å². The minimum absolute atomic E-state index is 0.0505. The lowest BCUT2D eigenvalue weighted by molar-refractivity contribution is -0.136. The van der Waals surface area contributed by atoms with Crippen LogP contribution in [0.3, 0.4) is 0 Å². The van der Waals surface area contributed by atoms with Crippen LogP contribution in [0.2, 0.25) is 0 Å². The number of carbonyl (C=O) groups excluding carboxylic acids is 3. The van der Waals surface area contributed by atoms with E-state index >= 15 is 0 Å². The fourth-order valence-electron chi connectivity index (χ4n) is 5.50. The van der Waals surface area contributed by atoms with Crippen molar-refractivity contribution in [2.24, 2.45) is 0 Å². The van der Waals surface area contributed by atoms with E-state index in [1.807, 2.05) is 36.9 Å². The summed E-state index contributed by atoms with van der Waals surface area (Å²) in [5.74, 6) is -1.33. The van der Waals surface area contributed by atoms with Crippen LogP contribution in [-0.4, -0.2) is 71.2 Å². The molecule has 2 heterocycles. The van der Waals surface area contributed by atoms with Crippen molar-refractivity contribution in [3.8, 4) is 0 Å². The summed E-state index contributed by atoms with van der Waals surface area (Å²) < 4.78 is 13.7. The summed E-state index contributed by atoms with van der Waals surface area (Å²) in [6, 6.07) is 12.9. The molecule has 2 aliphatic heterocycles. The maximum absolute atomic E-state index is 13.7. The van der Waals surface area contributed by atoms with Crippen molar-refractivity contribution in [2.45, 2.75) is 44.2 Å². The highest BCUT2D eigenvalue weighted by Crippen LogP contribution is 2.48. The number of likely N-dealkylation sites (N-methyl/N-ethyl adjacent to an activating group) is 1. The van der Waals surface area contributed by atoms with E-state index in [0.29, 0.717) is 37.1 Å². The van der Waals surface area contributed by atoms with E-state index in [1.165, 1.54) is 18.2 Å². The minimum Gasteiger partial charge on any atom is -0.348 e. The molecule has 0 bridgehead atoms. The Morgan fingerprint density at radius 1 is 1.06 bits per heavy atom. The zero-order valence-corrected chi connectivity index (χ0v) is 19.5. The van der Waals surface area contributed by atoms with Gasteiger partial charge in [0.05, 0.1) is 11.5 Å². The molecule has 1 fully saturated rings. The van der Waals surface area contributed by atoms with E-state index in [9.17, 15) is 18.8 Å². The summed E-state index contributed by atoms with van der Waals surface area (Å²) >= 11 is 0. The van der Waals surface area contributed by atoms with Crippen LogP contribution in [0.25, 0.3) is 0 Å². The highest BCUT2D eigenvalue weighted by molar-refractivity contribution is 6.02. The predicted octanol–water partition coefficient (Wildman–Crippen LogP) is 3.54. The standard InChI is InChI=1S/C26H30FN3O3/c1-17(2)30-24(32)21-11-6-5-10-20(21)22(25(33)28(3)4)26(30)12-14-29(15-13-26)23(31)18-8-7-9-19(27)16-18/h5-11,16-17,22H,12-15H2,1-4H3. The maximum Gasteiger partial charge on any atom is 0.254 e. The van der Waals surface area contributed by atoms with E-state index in [0.717, 1.165) is 5.56 Å². The molecule has 2 aromatic rings. The number of halogens is 1. The van der Waals surface area contributed by atoms with Crippen molar-refractivity contribution in [2.75, 3.05) is 27.2 Å². The fraction of sp³-hybridized carbons (Fsp3) is 0.423. The molecule has 3 amide bonds. The summed E-state index contributed by atoms with van der Waals surface area (Å²) in [6.45, 7) is 4.69. The zero-order valence-electron chi connectivity index (χ0n) is 19.5. The summed E-state index contributed by atoms with van der Waals surface area (Å²) in [6.07, 6.45) is 0.938. The van der Waals surface area contributed by atoms with E-state index < -0.39 is 17.3 Å². The molecule has 1 saturated heterocycles. The SMILES string of the molecule is CC(C)N1C(=O)c2ccccc2C(C(=O)N(C)C)C12CCN(C(=O)c1cccc(F)c1)CC2. The Morgan fingerprint density at radius 2 is 1.73 bits per heavy atom. The van der Waals surface area contributed by atoms with E-state index in [-0.39, 0.29) is 23.8 Å². The van der Waals surface area contributed by atoms with Crippen molar-refractivity contribution in [1.82, 2.24) is 14.7 Å². The van der Waals surface area contributed by atoms with Gasteiger partial charge < -0.3 is 14.7 Å². The van der Waals surface area contributed by atoms with Crippen LogP contribution < -0.4 is 0 Å². The monoisotopic (exact) mass is 451 g/mol. The second-order valence-electron chi connectivity index (χ2n) is 9.43. The van der Waals surface area contributed by atoms with Crippen LogP contribution in [0.5, 0.6) is 0 Å². The first-order chi connectivity index (χ1) is 15.7. The molecule has 0 saturated carbocycles. The van der Waals surface area contributed by atoms with Crippen LogP contribution in [-0.2, 0) is 4.79 Å². The number of hydrogen-bond acceptors (Lipinski definition) is 3. The molecule has 174 valence electrons. The average molecular weight is 452 g/mol. The normalized spacial score (nSPS) is 19.6. The molecule has 4 rings (SSSR count). The summed E-state index contributed by atoms with van der Waals surface area (Å²) in [7, 11) is 3.47. The van der Waals surface area contributed by atoms with Gasteiger partial charge >= 0.3 is 0 Å². The first-order valence-corrected chi connectivity index (χ1v) is 11.4. The van der Waals surface area contributed by atoms with Crippen LogP contribution in [0.4, 0.5) is 4.39 Å². The number of fused-ring (bicyclic) bond motifs is 1. The Morgan fingerprint density at radius 3 is 2.33 bits per heavy atom. The highest BCUT2D eigenvalue weighted by atomic mass is 19.1. The molecule has 0 aromatic heterocycles. The lowest BCUT2D eigenvalue weighted by Gasteiger charge is -2.56. The minimum atomic E-state index is -0.736. The average Bonchev–Trinajstić information content (AvgIpc) is 2.79. The lowest BCUT2D eigenvalue weighted by atomic mass is 9.66. The third-order valence-electron chi connectivity index (χ3n) is 6.93. The van der Waals surface area contributed by atoms with Crippen LogP contribution >= 0.6 is 0 Å². The Balaban J connectivity index is 1.74. The van der Waals surface area contributed by atoms with E-state index in [2.05, 4.69) is 0 Å². The van der Waals surface area contributed by atoms with Gasteiger partial charge in [0.15, 0.2) is 0 Å². The topological polar surface area (TPSA) is 60.9 Å². The molecule has 6 nitrogen and oxygen atoms in total. The third kappa shape index (κ3) is 3.79. The molecule has 0 radical (unpaired) electrons. The molecular weight excluding hydrogens is 421 g/mol. The van der Waals surface area contributed by atoms with Gasteiger partial charge in [-0.2, -0.15) is 0 Å². The zero-order chi connectivity index (χ0) is 23.9. The molecule has 33 heavy (non-hydrogen) atoms. The smallest absolute Gasteiger partial charge is 0.254 e. The predicted molar refractivity (Wildman–Crippen MR) is 123 cm³/mol. The molecule has 0 aliphatic carbocycles. The number of amides is 3. The van der Waals surface area contributed by atoms with E-state index in [4.69, 9.17) is 0 Å². The number of nitrogens with zero attached hydrogens (tertiary/aromatic N) is 3. The van der Waals surface area contributed by atoms with Crippen molar-refractivity contribution in [3.63, 3.8) is 0 Å². The third-order valence-corrected chi connectivity index (χ3v) is 6.93. The number of hydrogen-bond donors (Lipinski definition) is 0. The van der Waals surface area contributed by atoms with Gasteiger partial charge in [-0.3, -0.25) is 14.4 Å². The molecule has 2 aliphatic rings. The lowest BCUT2D eigenvalue weighted by Crippen LogP contribution is -2.67. The maximum atomic E-state index is 13.7. The number of carbonyl (C=O) groups is 3. The highest BCUT2D eigenvalue weighted by Gasteiger charge is 2.56. The second kappa shape index (κ2) is 8.61. The number of rotatable bonds is 3.